The van der Waals surface area contributed by atoms with Crippen molar-refractivity contribution in [3.63, 3.8) is 0 Å². The van der Waals surface area contributed by atoms with Crippen LogP contribution in [0, 0.1) is 11.8 Å². The van der Waals surface area contributed by atoms with E-state index in [1.807, 2.05) is 4.90 Å². The second-order valence-electron chi connectivity index (χ2n) is 5.78. The van der Waals surface area contributed by atoms with Gasteiger partial charge in [0.25, 0.3) is 0 Å². The third-order valence-electron chi connectivity index (χ3n) is 4.33. The topological polar surface area (TPSA) is 57.6 Å². The number of piperidine rings is 1. The fourth-order valence-corrected chi connectivity index (χ4v) is 2.93. The van der Waals surface area contributed by atoms with Crippen LogP contribution in [0.3, 0.4) is 0 Å². The van der Waals surface area contributed by atoms with Crippen LogP contribution in [0.2, 0.25) is 0 Å². The molecule has 1 heterocycles. The lowest BCUT2D eigenvalue weighted by atomic mass is 9.82. The van der Waals surface area contributed by atoms with Gasteiger partial charge in [0.1, 0.15) is 0 Å². The molecule has 1 saturated carbocycles. The van der Waals surface area contributed by atoms with Gasteiger partial charge in [0.15, 0.2) is 0 Å². The average Bonchev–Trinajstić information content (AvgIpc) is 2.31. The number of aliphatic carboxylic acids is 1. The zero-order chi connectivity index (χ0) is 13.0. The van der Waals surface area contributed by atoms with E-state index in [4.69, 9.17) is 5.11 Å². The van der Waals surface area contributed by atoms with Gasteiger partial charge in [0.2, 0.25) is 5.91 Å². The molecule has 1 atom stereocenters. The Hall–Kier alpha value is -1.06. The zero-order valence-electron chi connectivity index (χ0n) is 10.9. The Morgan fingerprint density at radius 3 is 2.44 bits per heavy atom. The minimum atomic E-state index is -0.729. The number of carbonyl (C=O) groups is 2. The van der Waals surface area contributed by atoms with Crippen molar-refractivity contribution in [2.24, 2.45) is 11.8 Å². The summed E-state index contributed by atoms with van der Waals surface area (Å²) in [5.41, 5.74) is 0. The Morgan fingerprint density at radius 1 is 1.11 bits per heavy atom. The number of likely N-dealkylation sites (tertiary alicyclic amines) is 1. The lowest BCUT2D eigenvalue weighted by Gasteiger charge is -2.35. The maximum Gasteiger partial charge on any atom is 0.303 e. The lowest BCUT2D eigenvalue weighted by Crippen LogP contribution is -2.41. The largest absolute Gasteiger partial charge is 0.481 e. The van der Waals surface area contributed by atoms with Crippen molar-refractivity contribution < 1.29 is 14.7 Å². The van der Waals surface area contributed by atoms with Crippen molar-refractivity contribution in [3.8, 4) is 0 Å². The Kier molecular flexibility index (Phi) is 4.61. The van der Waals surface area contributed by atoms with Crippen molar-refractivity contribution in [1.82, 2.24) is 4.90 Å². The van der Waals surface area contributed by atoms with Gasteiger partial charge in [0, 0.05) is 25.9 Å². The van der Waals surface area contributed by atoms with Gasteiger partial charge in [-0.05, 0) is 43.9 Å². The number of hydrogen-bond acceptors (Lipinski definition) is 2. The van der Waals surface area contributed by atoms with Crippen LogP contribution < -0.4 is 0 Å². The number of rotatable bonds is 5. The fraction of sp³-hybridized carbons (Fsp3) is 0.857. The van der Waals surface area contributed by atoms with Crippen molar-refractivity contribution in [2.45, 2.75) is 51.4 Å². The highest BCUT2D eigenvalue weighted by Gasteiger charge is 2.27. The SMILES string of the molecule is O=C(O)CCC1CCCN(C(=O)CC2CCC2)C1. The first-order valence-electron chi connectivity index (χ1n) is 7.14. The van der Waals surface area contributed by atoms with E-state index < -0.39 is 5.97 Å². The summed E-state index contributed by atoms with van der Waals surface area (Å²) in [6.07, 6.45) is 7.45. The minimum absolute atomic E-state index is 0.231. The molecule has 0 aromatic carbocycles. The van der Waals surface area contributed by atoms with Gasteiger partial charge in [-0.1, -0.05) is 6.42 Å². The van der Waals surface area contributed by atoms with Crippen molar-refractivity contribution in [2.75, 3.05) is 13.1 Å². The molecule has 1 saturated heterocycles. The molecular formula is C14H23NO3. The summed E-state index contributed by atoms with van der Waals surface area (Å²) in [7, 11) is 0. The van der Waals surface area contributed by atoms with E-state index >= 15 is 0 Å². The quantitative estimate of drug-likeness (QED) is 0.817. The highest BCUT2D eigenvalue weighted by atomic mass is 16.4. The van der Waals surface area contributed by atoms with E-state index in [9.17, 15) is 9.59 Å². The molecule has 4 nitrogen and oxygen atoms in total. The van der Waals surface area contributed by atoms with Crippen molar-refractivity contribution in [3.05, 3.63) is 0 Å². The molecule has 0 aromatic heterocycles. The molecule has 1 aliphatic heterocycles. The molecule has 4 heteroatoms. The summed E-state index contributed by atoms with van der Waals surface area (Å²) in [5.74, 6) is 0.574. The first-order chi connectivity index (χ1) is 8.65. The molecule has 1 N–H and O–H groups in total. The van der Waals surface area contributed by atoms with E-state index in [1.54, 1.807) is 0 Å². The summed E-state index contributed by atoms with van der Waals surface area (Å²) in [6, 6.07) is 0. The van der Waals surface area contributed by atoms with Gasteiger partial charge in [-0.2, -0.15) is 0 Å². The predicted octanol–water partition coefficient (Wildman–Crippen LogP) is 2.28. The van der Waals surface area contributed by atoms with E-state index in [0.717, 1.165) is 25.9 Å². The Morgan fingerprint density at radius 2 is 1.83 bits per heavy atom. The molecule has 2 aliphatic rings. The summed E-state index contributed by atoms with van der Waals surface area (Å²) < 4.78 is 0. The van der Waals surface area contributed by atoms with Crippen LogP contribution in [0.5, 0.6) is 0 Å². The van der Waals surface area contributed by atoms with Crippen LogP contribution in [0.4, 0.5) is 0 Å². The molecule has 0 bridgehead atoms. The van der Waals surface area contributed by atoms with Gasteiger partial charge >= 0.3 is 5.97 Å². The molecule has 102 valence electrons. The second kappa shape index (κ2) is 6.21. The average molecular weight is 253 g/mol. The minimum Gasteiger partial charge on any atom is -0.481 e. The van der Waals surface area contributed by atoms with Gasteiger partial charge in [-0.15, -0.1) is 0 Å². The third-order valence-corrected chi connectivity index (χ3v) is 4.33. The summed E-state index contributed by atoms with van der Waals surface area (Å²) >= 11 is 0. The van der Waals surface area contributed by atoms with Crippen LogP contribution in [0.1, 0.15) is 51.4 Å². The van der Waals surface area contributed by atoms with Crippen LogP contribution >= 0.6 is 0 Å². The molecule has 0 radical (unpaired) electrons. The smallest absolute Gasteiger partial charge is 0.303 e. The number of carboxylic acids is 1. The zero-order valence-corrected chi connectivity index (χ0v) is 10.9. The summed E-state index contributed by atoms with van der Waals surface area (Å²) in [4.78, 5) is 24.6. The molecule has 1 unspecified atom stereocenters. The fourth-order valence-electron chi connectivity index (χ4n) is 2.93. The number of carbonyl (C=O) groups excluding carboxylic acids is 1. The van der Waals surface area contributed by atoms with Gasteiger partial charge in [0.05, 0.1) is 0 Å². The lowest BCUT2D eigenvalue weighted by molar-refractivity contribution is -0.137. The Bertz CT molecular complexity index is 312. The first-order valence-corrected chi connectivity index (χ1v) is 7.14. The van der Waals surface area contributed by atoms with E-state index in [-0.39, 0.29) is 6.42 Å². The molecule has 1 aliphatic carbocycles. The van der Waals surface area contributed by atoms with Crippen LogP contribution in [-0.4, -0.2) is 35.0 Å². The Balaban J connectivity index is 1.74. The number of hydrogen-bond donors (Lipinski definition) is 1. The molecule has 0 aromatic rings. The van der Waals surface area contributed by atoms with Crippen LogP contribution in [0.25, 0.3) is 0 Å². The van der Waals surface area contributed by atoms with E-state index in [0.29, 0.717) is 30.6 Å². The maximum absolute atomic E-state index is 12.1. The van der Waals surface area contributed by atoms with Crippen LogP contribution in [0.15, 0.2) is 0 Å². The highest BCUT2D eigenvalue weighted by Crippen LogP contribution is 2.31. The number of nitrogens with zero attached hydrogens (tertiary/aromatic N) is 1. The third kappa shape index (κ3) is 3.72. The summed E-state index contributed by atoms with van der Waals surface area (Å²) in [6.45, 7) is 1.65. The molecular weight excluding hydrogens is 230 g/mol. The summed E-state index contributed by atoms with van der Waals surface area (Å²) in [5, 5.41) is 8.70. The maximum atomic E-state index is 12.1. The molecule has 2 rings (SSSR count). The second-order valence-corrected chi connectivity index (χ2v) is 5.78. The van der Waals surface area contributed by atoms with Gasteiger partial charge in [-0.25, -0.2) is 0 Å². The van der Waals surface area contributed by atoms with Gasteiger partial charge in [-0.3, -0.25) is 9.59 Å². The Labute approximate surface area is 108 Å². The highest BCUT2D eigenvalue weighted by molar-refractivity contribution is 5.76. The molecule has 0 spiro atoms. The standard InChI is InChI=1S/C14H23NO3/c16-13(9-11-3-1-4-11)15-8-2-5-12(10-15)6-7-14(17)18/h11-12H,1-10H2,(H,17,18). The first kappa shape index (κ1) is 13.4. The molecule has 18 heavy (non-hydrogen) atoms. The number of carboxylic acid groups (broad SMARTS) is 1. The van der Waals surface area contributed by atoms with Crippen LogP contribution in [-0.2, 0) is 9.59 Å². The molecule has 1 amide bonds. The number of amides is 1. The monoisotopic (exact) mass is 253 g/mol. The van der Waals surface area contributed by atoms with Crippen molar-refractivity contribution >= 4 is 11.9 Å². The van der Waals surface area contributed by atoms with Crippen molar-refractivity contribution in [1.29, 1.82) is 0 Å². The van der Waals surface area contributed by atoms with E-state index in [2.05, 4.69) is 0 Å². The van der Waals surface area contributed by atoms with Gasteiger partial charge < -0.3 is 10.0 Å². The van der Waals surface area contributed by atoms with E-state index in [1.165, 1.54) is 19.3 Å². The normalized spacial score (nSPS) is 24.7. The molecule has 2 fully saturated rings. The predicted molar refractivity (Wildman–Crippen MR) is 68.1 cm³/mol.